The minimum atomic E-state index is -4.32. The van der Waals surface area contributed by atoms with E-state index in [0.29, 0.717) is 0 Å². The van der Waals surface area contributed by atoms with Gasteiger partial charge in [0.25, 0.3) is 0 Å². The van der Waals surface area contributed by atoms with E-state index in [9.17, 15) is 13.2 Å². The molecule has 0 aliphatic heterocycles. The standard InChI is InChI=1S/C2H3Cl.CH3NO4S/c1-2-3;2-7(5,6)1(3)4/h2H,1H2;(H,3,4)(H2,2,5,6). The Kier molecular flexibility index (Phi) is 6.32. The van der Waals surface area contributed by atoms with Gasteiger partial charge >= 0.3 is 15.3 Å². The Morgan fingerprint density at radius 3 is 1.80 bits per heavy atom. The molecule has 0 saturated heterocycles. The van der Waals surface area contributed by atoms with E-state index >= 15 is 0 Å². The zero-order chi connectivity index (χ0) is 8.78. The fourth-order valence-electron chi connectivity index (χ4n) is 0. The van der Waals surface area contributed by atoms with E-state index in [1.807, 2.05) is 0 Å². The summed E-state index contributed by atoms with van der Waals surface area (Å²) in [7, 11) is -4.32. The minimum Gasteiger partial charge on any atom is -0.469 e. The third kappa shape index (κ3) is 10.4. The van der Waals surface area contributed by atoms with E-state index in [4.69, 9.17) is 16.7 Å². The predicted octanol–water partition coefficient (Wildman–Crippen LogP) is 0.322. The SMILES string of the molecule is C=CCl.NS(=O)(=O)C(=O)O. The normalized spacial score (nSPS) is 9.00. The Bertz CT molecular complexity index is 209. The van der Waals surface area contributed by atoms with Crippen molar-refractivity contribution in [1.29, 1.82) is 0 Å². The van der Waals surface area contributed by atoms with Gasteiger partial charge in [0.2, 0.25) is 0 Å². The summed E-state index contributed by atoms with van der Waals surface area (Å²) in [6.45, 7) is 3.13. The number of halogens is 1. The molecule has 0 aliphatic rings. The number of sulfonamides is 1. The second-order valence-electron chi connectivity index (χ2n) is 0.965. The van der Waals surface area contributed by atoms with Crippen LogP contribution in [-0.4, -0.2) is 18.8 Å². The molecule has 7 heteroatoms. The van der Waals surface area contributed by atoms with Gasteiger partial charge in [-0.25, -0.2) is 18.4 Å². The molecule has 0 amide bonds. The van der Waals surface area contributed by atoms with Crippen LogP contribution in [0.3, 0.4) is 0 Å². The maximum absolute atomic E-state index is 9.51. The van der Waals surface area contributed by atoms with Crippen molar-refractivity contribution < 1.29 is 18.3 Å². The Morgan fingerprint density at radius 1 is 1.70 bits per heavy atom. The molecule has 0 saturated carbocycles. The topological polar surface area (TPSA) is 97.5 Å². The van der Waals surface area contributed by atoms with Crippen LogP contribution in [0.1, 0.15) is 0 Å². The lowest BCUT2D eigenvalue weighted by molar-refractivity contribution is 0.219. The van der Waals surface area contributed by atoms with Crippen molar-refractivity contribution >= 4 is 26.9 Å². The average molecular weight is 188 g/mol. The lowest BCUT2D eigenvalue weighted by Crippen LogP contribution is -2.20. The van der Waals surface area contributed by atoms with Crippen LogP contribution in [0.5, 0.6) is 0 Å². The van der Waals surface area contributed by atoms with E-state index < -0.39 is 15.3 Å². The highest BCUT2D eigenvalue weighted by Gasteiger charge is 2.11. The molecule has 0 spiro atoms. The molecule has 0 unspecified atom stereocenters. The zero-order valence-corrected chi connectivity index (χ0v) is 6.39. The molecule has 10 heavy (non-hydrogen) atoms. The lowest BCUT2D eigenvalue weighted by atomic mass is 11.3. The Labute approximate surface area is 63.1 Å². The fourth-order valence-corrected chi connectivity index (χ4v) is 0. The van der Waals surface area contributed by atoms with Gasteiger partial charge in [0, 0.05) is 0 Å². The maximum atomic E-state index is 9.51. The van der Waals surface area contributed by atoms with Gasteiger partial charge < -0.3 is 5.11 Å². The average Bonchev–Trinajstić information content (AvgIpc) is 1.64. The molecule has 0 radical (unpaired) electrons. The monoisotopic (exact) mass is 187 g/mol. The van der Waals surface area contributed by atoms with Gasteiger partial charge in [0.05, 0.1) is 0 Å². The number of carboxylic acid groups (broad SMARTS) is 1. The van der Waals surface area contributed by atoms with E-state index in [2.05, 4.69) is 11.7 Å². The van der Waals surface area contributed by atoms with Gasteiger partial charge in [-0.15, -0.1) is 0 Å². The van der Waals surface area contributed by atoms with Crippen LogP contribution in [0, 0.1) is 0 Å². The molecule has 3 N–H and O–H groups in total. The molecule has 60 valence electrons. The second kappa shape index (κ2) is 5.21. The van der Waals surface area contributed by atoms with E-state index in [1.54, 1.807) is 0 Å². The summed E-state index contributed by atoms with van der Waals surface area (Å²) in [6, 6.07) is 0. The summed E-state index contributed by atoms with van der Waals surface area (Å²) in [5.74, 6) is 0. The second-order valence-corrected chi connectivity index (χ2v) is 2.71. The van der Waals surface area contributed by atoms with Gasteiger partial charge in [0.1, 0.15) is 0 Å². The summed E-state index contributed by atoms with van der Waals surface area (Å²) in [5.41, 5.74) is 1.22. The molecule has 0 aliphatic carbocycles. The molecule has 0 heterocycles. The highest BCUT2D eigenvalue weighted by molar-refractivity contribution is 8.03. The van der Waals surface area contributed by atoms with Crippen LogP contribution < -0.4 is 5.14 Å². The molecule has 0 aromatic rings. The summed E-state index contributed by atoms with van der Waals surface area (Å²) in [4.78, 5) is 9.31. The number of primary sulfonamides is 1. The fraction of sp³-hybridized carbons (Fsp3) is 0. The zero-order valence-electron chi connectivity index (χ0n) is 4.82. The number of hydrogen-bond donors (Lipinski definition) is 2. The van der Waals surface area contributed by atoms with Crippen molar-refractivity contribution in [1.82, 2.24) is 0 Å². The van der Waals surface area contributed by atoms with Crippen LogP contribution in [-0.2, 0) is 10.0 Å². The molecule has 0 atom stereocenters. The van der Waals surface area contributed by atoms with Crippen molar-refractivity contribution in [3.8, 4) is 0 Å². The first-order valence-electron chi connectivity index (χ1n) is 1.83. The maximum Gasteiger partial charge on any atom is 0.437 e. The van der Waals surface area contributed by atoms with E-state index in [0.717, 1.165) is 0 Å². The first-order valence-corrected chi connectivity index (χ1v) is 3.81. The van der Waals surface area contributed by atoms with Crippen LogP contribution >= 0.6 is 11.6 Å². The highest BCUT2D eigenvalue weighted by Crippen LogP contribution is 1.74. The Morgan fingerprint density at radius 2 is 1.80 bits per heavy atom. The summed E-state index contributed by atoms with van der Waals surface area (Å²) in [5, 5.41) is 9.58. The third-order valence-corrected chi connectivity index (χ3v) is 0.730. The molecule has 0 aromatic heterocycles. The largest absolute Gasteiger partial charge is 0.469 e. The van der Waals surface area contributed by atoms with Crippen LogP contribution in [0.15, 0.2) is 12.1 Å². The first kappa shape index (κ1) is 12.1. The van der Waals surface area contributed by atoms with Gasteiger partial charge in [-0.2, -0.15) is 0 Å². The molecule has 5 nitrogen and oxygen atoms in total. The Hall–Kier alpha value is -0.590. The van der Waals surface area contributed by atoms with Crippen LogP contribution in [0.25, 0.3) is 0 Å². The highest BCUT2D eigenvalue weighted by atomic mass is 35.5. The van der Waals surface area contributed by atoms with E-state index in [-0.39, 0.29) is 0 Å². The quantitative estimate of drug-likeness (QED) is 0.571. The smallest absolute Gasteiger partial charge is 0.437 e. The minimum absolute atomic E-state index is 1.22. The molecular weight excluding hydrogens is 182 g/mol. The third-order valence-electron chi connectivity index (χ3n) is 0.243. The summed E-state index contributed by atoms with van der Waals surface area (Å²) >= 11 is 4.76. The molecule has 0 fully saturated rings. The van der Waals surface area contributed by atoms with Gasteiger partial charge in [-0.1, -0.05) is 18.2 Å². The molecular formula is C3H6ClNO4S. The number of rotatable bonds is 0. The Balaban J connectivity index is 0. The molecule has 0 bridgehead atoms. The van der Waals surface area contributed by atoms with Gasteiger partial charge in [-0.05, 0) is 5.54 Å². The van der Waals surface area contributed by atoms with Crippen molar-refractivity contribution in [3.63, 3.8) is 0 Å². The first-order chi connectivity index (χ1) is 4.36. The summed E-state index contributed by atoms with van der Waals surface area (Å²) in [6.07, 6.45) is 0. The van der Waals surface area contributed by atoms with Crippen molar-refractivity contribution in [3.05, 3.63) is 12.1 Å². The summed E-state index contributed by atoms with van der Waals surface area (Å²) < 4.78 is 19.0. The number of hydrogen-bond acceptors (Lipinski definition) is 3. The molecule has 0 rings (SSSR count). The van der Waals surface area contributed by atoms with Crippen molar-refractivity contribution in [2.75, 3.05) is 0 Å². The van der Waals surface area contributed by atoms with Crippen molar-refractivity contribution in [2.24, 2.45) is 5.14 Å². The number of nitrogens with two attached hydrogens (primary N) is 1. The lowest BCUT2D eigenvalue weighted by Gasteiger charge is -1.80. The van der Waals surface area contributed by atoms with Gasteiger partial charge in [0.15, 0.2) is 0 Å². The molecule has 0 aromatic carbocycles. The number of carbonyl (C=O) groups is 1. The van der Waals surface area contributed by atoms with Crippen LogP contribution in [0.2, 0.25) is 0 Å². The van der Waals surface area contributed by atoms with Crippen molar-refractivity contribution in [2.45, 2.75) is 0 Å². The predicted molar refractivity (Wildman–Crippen MR) is 37.2 cm³/mol. The van der Waals surface area contributed by atoms with E-state index in [1.165, 1.54) is 5.54 Å². The van der Waals surface area contributed by atoms with Crippen LogP contribution in [0.4, 0.5) is 4.79 Å². The van der Waals surface area contributed by atoms with Gasteiger partial charge in [-0.3, -0.25) is 0 Å².